The number of benzene rings is 2. The molecule has 6 heteroatoms. The van der Waals surface area contributed by atoms with Crippen molar-refractivity contribution < 1.29 is 9.66 Å². The van der Waals surface area contributed by atoms with Crippen molar-refractivity contribution in [1.82, 2.24) is 0 Å². The monoisotopic (exact) mass is 369 g/mol. The quantitative estimate of drug-likeness (QED) is 0.423. The maximum absolute atomic E-state index is 11.0. The molecule has 0 aliphatic carbocycles. The zero-order valence-corrected chi connectivity index (χ0v) is 13.6. The average molecular weight is 371 g/mol. The van der Waals surface area contributed by atoms with E-state index in [4.69, 9.17) is 16.3 Å². The minimum Gasteiger partial charge on any atom is -0.488 e. The summed E-state index contributed by atoms with van der Waals surface area (Å²) in [5, 5.41) is 11.0. The van der Waals surface area contributed by atoms with Gasteiger partial charge in [0.15, 0.2) is 0 Å². The first-order valence-corrected chi connectivity index (χ1v) is 7.55. The summed E-state index contributed by atoms with van der Waals surface area (Å²) in [7, 11) is 0. The molecule has 0 radical (unpaired) electrons. The molecule has 0 aliphatic rings. The van der Waals surface area contributed by atoms with Gasteiger partial charge in [-0.1, -0.05) is 28.1 Å². The summed E-state index contributed by atoms with van der Waals surface area (Å²) in [5.74, 6) is 0.985. The number of halogens is 2. The minimum atomic E-state index is -0.407. The van der Waals surface area contributed by atoms with Crippen molar-refractivity contribution in [2.24, 2.45) is 0 Å². The molecule has 0 heterocycles. The van der Waals surface area contributed by atoms with E-state index in [2.05, 4.69) is 15.9 Å². The second kappa shape index (κ2) is 6.91. The highest BCUT2D eigenvalue weighted by atomic mass is 79.9. The smallest absolute Gasteiger partial charge is 0.276 e. The predicted molar refractivity (Wildman–Crippen MR) is 85.9 cm³/mol. The van der Waals surface area contributed by atoms with Gasteiger partial charge in [0.05, 0.1) is 16.4 Å². The molecule has 0 saturated carbocycles. The van der Waals surface area contributed by atoms with Gasteiger partial charge in [0, 0.05) is 16.1 Å². The number of ether oxygens (including phenoxy) is 1. The number of hydrogen-bond acceptors (Lipinski definition) is 3. The first kappa shape index (κ1) is 15.8. The molecule has 21 heavy (non-hydrogen) atoms. The van der Waals surface area contributed by atoms with Crippen LogP contribution in [0.15, 0.2) is 40.9 Å². The summed E-state index contributed by atoms with van der Waals surface area (Å²) in [6.45, 7) is 2.04. The van der Waals surface area contributed by atoms with Gasteiger partial charge in [-0.15, -0.1) is 11.6 Å². The highest BCUT2D eigenvalue weighted by Crippen LogP contribution is 2.30. The number of para-hydroxylation sites is 1. The number of nitro benzene ring substituents is 1. The molecule has 110 valence electrons. The first-order chi connectivity index (χ1) is 10.0. The van der Waals surface area contributed by atoms with Crippen molar-refractivity contribution in [2.75, 3.05) is 0 Å². The molecule has 2 aromatic rings. The number of alkyl halides is 1. The van der Waals surface area contributed by atoms with Crippen molar-refractivity contribution in [3.63, 3.8) is 0 Å². The normalized spacial score (nSPS) is 10.4. The number of rotatable bonds is 5. The van der Waals surface area contributed by atoms with E-state index < -0.39 is 4.92 Å². The number of aryl methyl sites for hydroxylation is 1. The van der Waals surface area contributed by atoms with Gasteiger partial charge in [0.1, 0.15) is 12.4 Å². The Morgan fingerprint density at radius 2 is 2.00 bits per heavy atom. The molecular weight excluding hydrogens is 358 g/mol. The van der Waals surface area contributed by atoms with Crippen LogP contribution in [-0.4, -0.2) is 4.92 Å². The molecule has 0 saturated heterocycles. The lowest BCUT2D eigenvalue weighted by molar-refractivity contribution is -0.385. The van der Waals surface area contributed by atoms with E-state index in [9.17, 15) is 10.1 Å². The molecule has 2 aromatic carbocycles. The van der Waals surface area contributed by atoms with Crippen molar-refractivity contribution in [1.29, 1.82) is 0 Å². The van der Waals surface area contributed by atoms with Crippen LogP contribution in [0.2, 0.25) is 0 Å². The van der Waals surface area contributed by atoms with E-state index >= 15 is 0 Å². The number of hydrogen-bond donors (Lipinski definition) is 0. The predicted octanol–water partition coefficient (Wildman–Crippen LogP) is 4.98. The van der Waals surface area contributed by atoms with Crippen molar-refractivity contribution in [2.45, 2.75) is 19.4 Å². The van der Waals surface area contributed by atoms with Gasteiger partial charge < -0.3 is 4.74 Å². The summed E-state index contributed by atoms with van der Waals surface area (Å²) in [6.07, 6.45) is 0. The first-order valence-electron chi connectivity index (χ1n) is 6.23. The second-order valence-corrected chi connectivity index (χ2v) is 5.70. The fourth-order valence-corrected chi connectivity index (χ4v) is 2.88. The Hall–Kier alpha value is -1.59. The minimum absolute atomic E-state index is 0.0553. The topological polar surface area (TPSA) is 52.4 Å². The second-order valence-electron chi connectivity index (χ2n) is 4.52. The van der Waals surface area contributed by atoms with Crippen LogP contribution in [0.4, 0.5) is 5.69 Å². The van der Waals surface area contributed by atoms with E-state index in [0.29, 0.717) is 17.2 Å². The molecule has 0 aromatic heterocycles. The van der Waals surface area contributed by atoms with Gasteiger partial charge in [0.25, 0.3) is 5.69 Å². The molecular formula is C15H13BrClNO3. The van der Waals surface area contributed by atoms with E-state index in [1.165, 1.54) is 6.07 Å². The fraction of sp³-hybridized carbons (Fsp3) is 0.200. The van der Waals surface area contributed by atoms with Crippen LogP contribution in [-0.2, 0) is 12.5 Å². The van der Waals surface area contributed by atoms with Crippen LogP contribution in [0, 0.1) is 17.0 Å². The summed E-state index contributed by atoms with van der Waals surface area (Å²) in [4.78, 5) is 10.6. The summed E-state index contributed by atoms with van der Waals surface area (Å²) < 4.78 is 6.71. The lowest BCUT2D eigenvalue weighted by Gasteiger charge is -2.13. The molecule has 0 unspecified atom stereocenters. The highest BCUT2D eigenvalue weighted by molar-refractivity contribution is 9.10. The van der Waals surface area contributed by atoms with Crippen LogP contribution < -0.4 is 4.74 Å². The van der Waals surface area contributed by atoms with Crippen LogP contribution in [0.3, 0.4) is 0 Å². The van der Waals surface area contributed by atoms with Gasteiger partial charge in [-0.3, -0.25) is 10.1 Å². The van der Waals surface area contributed by atoms with Crippen molar-refractivity contribution >= 4 is 33.2 Å². The Morgan fingerprint density at radius 1 is 1.29 bits per heavy atom. The largest absolute Gasteiger partial charge is 0.488 e. The van der Waals surface area contributed by atoms with Gasteiger partial charge in [-0.2, -0.15) is 0 Å². The van der Waals surface area contributed by atoms with Gasteiger partial charge in [0.2, 0.25) is 0 Å². The molecule has 0 spiro atoms. The van der Waals surface area contributed by atoms with Crippen LogP contribution in [0.25, 0.3) is 0 Å². The van der Waals surface area contributed by atoms with Gasteiger partial charge >= 0.3 is 0 Å². The number of nitrogens with zero attached hydrogens (tertiary/aromatic N) is 1. The SMILES string of the molecule is Cc1cc(Br)cc(CCl)c1OCc1ccccc1[N+](=O)[O-]. The molecule has 0 atom stereocenters. The molecule has 0 N–H and O–H groups in total. The van der Waals surface area contributed by atoms with E-state index in [1.54, 1.807) is 18.2 Å². The third-order valence-corrected chi connectivity index (χ3v) is 3.77. The Morgan fingerprint density at radius 3 is 2.67 bits per heavy atom. The van der Waals surface area contributed by atoms with Crippen LogP contribution in [0.1, 0.15) is 16.7 Å². The lowest BCUT2D eigenvalue weighted by atomic mass is 10.1. The Kier molecular flexibility index (Phi) is 5.20. The molecule has 2 rings (SSSR count). The van der Waals surface area contributed by atoms with Crippen LogP contribution in [0.5, 0.6) is 5.75 Å². The molecule has 0 fully saturated rings. The standard InChI is InChI=1S/C15H13BrClNO3/c1-10-6-13(16)7-12(8-17)15(10)21-9-11-4-2-3-5-14(11)18(19)20/h2-7H,8-9H2,1H3. The van der Waals surface area contributed by atoms with Crippen molar-refractivity contribution in [3.8, 4) is 5.75 Å². The van der Waals surface area contributed by atoms with Crippen LogP contribution >= 0.6 is 27.5 Å². The molecule has 4 nitrogen and oxygen atoms in total. The molecule has 0 bridgehead atoms. The third-order valence-electron chi connectivity index (χ3n) is 3.02. The lowest BCUT2D eigenvalue weighted by Crippen LogP contribution is -2.03. The molecule has 0 amide bonds. The fourth-order valence-electron chi connectivity index (χ4n) is 2.07. The average Bonchev–Trinajstić information content (AvgIpc) is 2.45. The Bertz CT molecular complexity index is 676. The van der Waals surface area contributed by atoms with Gasteiger partial charge in [-0.05, 0) is 30.7 Å². The van der Waals surface area contributed by atoms with E-state index in [1.807, 2.05) is 19.1 Å². The third kappa shape index (κ3) is 3.74. The van der Waals surface area contributed by atoms with E-state index in [0.717, 1.165) is 15.6 Å². The maximum atomic E-state index is 11.0. The van der Waals surface area contributed by atoms with Crippen molar-refractivity contribution in [3.05, 3.63) is 67.7 Å². The Labute approximate surface area is 136 Å². The summed E-state index contributed by atoms with van der Waals surface area (Å²) in [6, 6.07) is 10.3. The summed E-state index contributed by atoms with van der Waals surface area (Å²) in [5.41, 5.74) is 2.37. The zero-order chi connectivity index (χ0) is 15.4. The summed E-state index contributed by atoms with van der Waals surface area (Å²) >= 11 is 9.34. The van der Waals surface area contributed by atoms with Gasteiger partial charge in [-0.25, -0.2) is 0 Å². The molecule has 0 aliphatic heterocycles. The number of nitro groups is 1. The highest BCUT2D eigenvalue weighted by Gasteiger charge is 2.14. The Balaban J connectivity index is 2.27. The van der Waals surface area contributed by atoms with E-state index in [-0.39, 0.29) is 12.3 Å². The zero-order valence-electron chi connectivity index (χ0n) is 11.3. The maximum Gasteiger partial charge on any atom is 0.276 e.